The summed E-state index contributed by atoms with van der Waals surface area (Å²) in [6.07, 6.45) is 20.4. The monoisotopic (exact) mass is 579 g/mol. The summed E-state index contributed by atoms with van der Waals surface area (Å²) in [5.74, 6) is 0. The molecule has 0 spiro atoms. The second-order valence-corrected chi connectivity index (χ2v) is 21.0. The van der Waals surface area contributed by atoms with Crippen molar-refractivity contribution in [3.63, 3.8) is 0 Å². The molecule has 0 amide bonds. The van der Waals surface area contributed by atoms with Crippen LogP contribution in [0.5, 0.6) is 0 Å². The summed E-state index contributed by atoms with van der Waals surface area (Å²) >= 11 is 13.7. The quantitative estimate of drug-likeness (QED) is 0.166. The molecule has 0 aromatic rings. The van der Waals surface area contributed by atoms with Gasteiger partial charge in [0.25, 0.3) is 0 Å². The zero-order valence-corrected chi connectivity index (χ0v) is 27.7. The molecule has 0 radical (unpaired) electrons. The molecule has 0 heterocycles. The molecular weight excluding hydrogens is 526 g/mol. The predicted molar refractivity (Wildman–Crippen MR) is 169 cm³/mol. The van der Waals surface area contributed by atoms with E-state index in [9.17, 15) is 0 Å². The van der Waals surface area contributed by atoms with Crippen LogP contribution in [-0.4, -0.2) is 46.1 Å². The minimum absolute atomic E-state index is 0.564. The van der Waals surface area contributed by atoms with Gasteiger partial charge < -0.3 is 0 Å². The predicted octanol–water partition coefficient (Wildman–Crippen LogP) is 10.3. The fraction of sp³-hybridized carbons (Fsp3) is 1.00. The minimum atomic E-state index is -2.19. The fourth-order valence-corrected chi connectivity index (χ4v) is 18.1. The molecule has 35 heavy (non-hydrogen) atoms. The smallest absolute Gasteiger partial charge is 0.175 e. The Morgan fingerprint density at radius 1 is 0.486 bits per heavy atom. The summed E-state index contributed by atoms with van der Waals surface area (Å²) in [4.78, 5) is 0. The van der Waals surface area contributed by atoms with E-state index in [0.717, 1.165) is 0 Å². The summed E-state index contributed by atoms with van der Waals surface area (Å²) in [5, 5.41) is 1.69. The second kappa shape index (κ2) is 15.4. The highest BCUT2D eigenvalue weighted by Crippen LogP contribution is 2.70. The van der Waals surface area contributed by atoms with Crippen molar-refractivity contribution in [1.82, 2.24) is 12.2 Å². The standard InChI is InChI=1S/C27H54N3PS4/c1-22(2)33-28(25-16-10-7-11-17-25)31(32,29(34-23(3)4)26-18-12-8-13-19-26)30(35-24(5)6)27-20-14-9-15-21-27/h22-27H,7-21H2,1-6H3. The van der Waals surface area contributed by atoms with Crippen LogP contribution in [-0.2, 0) is 11.8 Å². The molecule has 3 fully saturated rings. The van der Waals surface area contributed by atoms with E-state index in [1.54, 1.807) is 0 Å². The largest absolute Gasteiger partial charge is 0.191 e. The first-order valence-electron chi connectivity index (χ1n) is 14.7. The van der Waals surface area contributed by atoms with Gasteiger partial charge in [-0.2, -0.15) is 12.2 Å². The van der Waals surface area contributed by atoms with Gasteiger partial charge in [-0.05, 0) is 50.3 Å². The van der Waals surface area contributed by atoms with Gasteiger partial charge in [0.2, 0.25) is 0 Å². The van der Waals surface area contributed by atoms with Crippen molar-refractivity contribution in [2.45, 2.75) is 172 Å². The van der Waals surface area contributed by atoms with Gasteiger partial charge in [0.15, 0.2) is 6.49 Å². The van der Waals surface area contributed by atoms with Gasteiger partial charge in [-0.25, -0.2) is 0 Å². The van der Waals surface area contributed by atoms with Gasteiger partial charge in [-0.15, -0.1) is 0 Å². The van der Waals surface area contributed by atoms with Gasteiger partial charge in [-0.3, -0.25) is 0 Å². The molecule has 3 aliphatic carbocycles. The minimum Gasteiger partial charge on any atom is -0.191 e. The molecule has 0 N–H and O–H groups in total. The van der Waals surface area contributed by atoms with E-state index in [-0.39, 0.29) is 0 Å². The number of hydrogen-bond acceptors (Lipinski definition) is 4. The van der Waals surface area contributed by atoms with Crippen LogP contribution in [0.4, 0.5) is 0 Å². The third-order valence-electron chi connectivity index (χ3n) is 7.39. The summed E-state index contributed by atoms with van der Waals surface area (Å²) in [6.45, 7) is 12.1. The molecule has 3 rings (SSSR count). The molecule has 3 aliphatic rings. The van der Waals surface area contributed by atoms with Crippen LogP contribution in [0.25, 0.3) is 0 Å². The average molecular weight is 580 g/mol. The maximum Gasteiger partial charge on any atom is 0.175 e. The molecule has 0 unspecified atom stereocenters. The summed E-state index contributed by atoms with van der Waals surface area (Å²) < 4.78 is 8.71. The van der Waals surface area contributed by atoms with Crippen LogP contribution in [0.3, 0.4) is 0 Å². The molecule has 3 nitrogen and oxygen atoms in total. The first-order chi connectivity index (χ1) is 16.7. The Balaban J connectivity index is 2.14. The van der Waals surface area contributed by atoms with E-state index in [4.69, 9.17) is 11.8 Å². The van der Waals surface area contributed by atoms with Crippen molar-refractivity contribution in [2.24, 2.45) is 0 Å². The van der Waals surface area contributed by atoms with Crippen molar-refractivity contribution in [3.8, 4) is 0 Å². The molecule has 0 atom stereocenters. The van der Waals surface area contributed by atoms with E-state index < -0.39 is 6.49 Å². The SMILES string of the molecule is CC(C)SN(C1CCCCC1)P(=S)(N(SC(C)C)C1CCCCC1)N(SC(C)C)C1CCCCC1. The van der Waals surface area contributed by atoms with Crippen molar-refractivity contribution < 1.29 is 0 Å². The first kappa shape index (κ1) is 31.1. The third kappa shape index (κ3) is 8.78. The lowest BCUT2D eigenvalue weighted by molar-refractivity contribution is 0.291. The maximum atomic E-state index is 7.29. The van der Waals surface area contributed by atoms with E-state index in [1.807, 2.05) is 0 Å². The van der Waals surface area contributed by atoms with Crippen LogP contribution in [0.1, 0.15) is 138 Å². The Kier molecular flexibility index (Phi) is 13.7. The van der Waals surface area contributed by atoms with Gasteiger partial charge in [0, 0.05) is 33.9 Å². The highest BCUT2D eigenvalue weighted by molar-refractivity contribution is 8.25. The van der Waals surface area contributed by atoms with Gasteiger partial charge >= 0.3 is 0 Å². The lowest BCUT2D eigenvalue weighted by Gasteiger charge is -2.55. The lowest BCUT2D eigenvalue weighted by Crippen LogP contribution is -2.46. The van der Waals surface area contributed by atoms with Crippen molar-refractivity contribution in [2.75, 3.05) is 0 Å². The molecule has 8 heteroatoms. The third-order valence-corrected chi connectivity index (χ3v) is 18.1. The summed E-state index contributed by atoms with van der Waals surface area (Å²) in [6, 6.07) is 1.87. The van der Waals surface area contributed by atoms with E-state index >= 15 is 0 Å². The van der Waals surface area contributed by atoms with Gasteiger partial charge in [-0.1, -0.05) is 135 Å². The number of rotatable bonds is 12. The Labute approximate surface area is 237 Å². The topological polar surface area (TPSA) is 9.72 Å². The molecular formula is C27H54N3PS4. The van der Waals surface area contributed by atoms with Gasteiger partial charge in [0.1, 0.15) is 0 Å². The van der Waals surface area contributed by atoms with Crippen LogP contribution < -0.4 is 0 Å². The molecule has 0 aromatic heterocycles. The Bertz CT molecular complexity index is 559. The van der Waals surface area contributed by atoms with Crippen LogP contribution >= 0.6 is 42.3 Å². The molecule has 0 aromatic carbocycles. The lowest BCUT2D eigenvalue weighted by atomic mass is 9.96. The van der Waals surface area contributed by atoms with Crippen molar-refractivity contribution >= 4 is 54.1 Å². The van der Waals surface area contributed by atoms with Crippen molar-refractivity contribution in [3.05, 3.63) is 0 Å². The van der Waals surface area contributed by atoms with Crippen LogP contribution in [0.2, 0.25) is 0 Å². The van der Waals surface area contributed by atoms with E-state index in [1.165, 1.54) is 96.3 Å². The van der Waals surface area contributed by atoms with E-state index in [2.05, 4.69) is 89.6 Å². The average Bonchev–Trinajstić information content (AvgIpc) is 2.85. The molecule has 0 bridgehead atoms. The normalized spacial score (nSPS) is 22.5. The first-order valence-corrected chi connectivity index (χ1v) is 19.9. The van der Waals surface area contributed by atoms with Crippen molar-refractivity contribution in [1.29, 1.82) is 0 Å². The molecule has 0 aliphatic heterocycles. The Hall–Kier alpha value is 1.58. The summed E-state index contributed by atoms with van der Waals surface area (Å²) in [5.41, 5.74) is 0. The Morgan fingerprint density at radius 2 is 0.714 bits per heavy atom. The maximum absolute atomic E-state index is 7.29. The summed E-state index contributed by atoms with van der Waals surface area (Å²) in [7, 11) is 0. The second-order valence-electron chi connectivity index (χ2n) is 11.8. The number of hydrogen-bond donors (Lipinski definition) is 0. The molecule has 3 saturated carbocycles. The highest BCUT2D eigenvalue weighted by Gasteiger charge is 2.49. The fourth-order valence-electron chi connectivity index (χ4n) is 5.90. The van der Waals surface area contributed by atoms with Gasteiger partial charge in [0.05, 0.1) is 0 Å². The zero-order chi connectivity index (χ0) is 25.4. The zero-order valence-electron chi connectivity index (χ0n) is 23.5. The molecule has 0 saturated heterocycles. The van der Waals surface area contributed by atoms with Crippen LogP contribution in [0, 0.1) is 0 Å². The number of nitrogens with zero attached hydrogens (tertiary/aromatic N) is 3. The Morgan fingerprint density at radius 3 is 0.914 bits per heavy atom. The highest BCUT2D eigenvalue weighted by atomic mass is 32.5. The molecule has 206 valence electrons. The van der Waals surface area contributed by atoms with E-state index in [0.29, 0.717) is 33.9 Å². The van der Waals surface area contributed by atoms with Crippen LogP contribution in [0.15, 0.2) is 0 Å².